The van der Waals surface area contributed by atoms with Crippen LogP contribution in [0.4, 0.5) is 4.79 Å². The minimum absolute atomic E-state index is 0.00489. The summed E-state index contributed by atoms with van der Waals surface area (Å²) in [5.74, 6) is -0.835. The molecule has 0 spiro atoms. The van der Waals surface area contributed by atoms with Gasteiger partial charge in [-0.2, -0.15) is 0 Å². The van der Waals surface area contributed by atoms with Crippen LogP contribution in [0, 0.1) is 11.8 Å². The molecule has 1 saturated heterocycles. The van der Waals surface area contributed by atoms with Crippen LogP contribution in [0.5, 0.6) is 0 Å². The zero-order valence-electron chi connectivity index (χ0n) is 20.2. The Labute approximate surface area is 223 Å². The average Bonchev–Trinajstić information content (AvgIpc) is 3.58. The largest absolute Gasteiger partial charge is 0.480 e. The number of carbonyl (C=O) groups excluding carboxylic acids is 1. The van der Waals surface area contributed by atoms with E-state index in [4.69, 9.17) is 9.47 Å². The maximum absolute atomic E-state index is 13.3. The number of pyridine rings is 1. The number of likely N-dealkylation sites (tertiary alicyclic amines) is 1. The normalized spacial score (nSPS) is 24.0. The van der Waals surface area contributed by atoms with Crippen molar-refractivity contribution in [2.45, 2.75) is 24.4 Å². The number of hydrogen-bond acceptors (Lipinski definition) is 5. The molecule has 1 aliphatic heterocycles. The molecule has 3 atom stereocenters. The Bertz CT molecular complexity index is 1300. The second-order valence-electron chi connectivity index (χ2n) is 10.1. The Morgan fingerprint density at radius 3 is 2.38 bits per heavy atom. The number of halogens is 1. The van der Waals surface area contributed by atoms with E-state index in [1.165, 1.54) is 22.3 Å². The van der Waals surface area contributed by atoms with Gasteiger partial charge in [-0.15, -0.1) is 0 Å². The van der Waals surface area contributed by atoms with E-state index in [0.717, 1.165) is 12.0 Å². The first-order valence-electron chi connectivity index (χ1n) is 12.5. The molecule has 7 nitrogen and oxygen atoms in total. The molecule has 2 heterocycles. The fourth-order valence-corrected chi connectivity index (χ4v) is 6.78. The van der Waals surface area contributed by atoms with Crippen LogP contribution in [0.15, 0.2) is 71.5 Å². The molecule has 37 heavy (non-hydrogen) atoms. The number of nitrogens with zero attached hydrogens (tertiary/aromatic N) is 2. The number of carboxylic acids is 1. The third-order valence-electron chi connectivity index (χ3n) is 8.19. The summed E-state index contributed by atoms with van der Waals surface area (Å²) in [5.41, 5.74) is 4.79. The third kappa shape index (κ3) is 4.22. The van der Waals surface area contributed by atoms with Gasteiger partial charge in [-0.25, -0.2) is 14.6 Å². The van der Waals surface area contributed by atoms with Gasteiger partial charge in [-0.3, -0.25) is 0 Å². The highest BCUT2D eigenvalue weighted by Gasteiger charge is 2.55. The molecular formula is C29H27BrN2O5. The predicted molar refractivity (Wildman–Crippen MR) is 140 cm³/mol. The van der Waals surface area contributed by atoms with Gasteiger partial charge in [0.1, 0.15) is 23.4 Å². The van der Waals surface area contributed by atoms with Crippen molar-refractivity contribution in [3.05, 3.63) is 88.2 Å². The Kier molecular flexibility index (Phi) is 6.24. The molecule has 190 valence electrons. The number of carbonyl (C=O) groups is 2. The summed E-state index contributed by atoms with van der Waals surface area (Å²) >= 11 is 3.37. The molecule has 1 N–H and O–H groups in total. The third-order valence-corrected chi connectivity index (χ3v) is 8.66. The van der Waals surface area contributed by atoms with E-state index in [1.54, 1.807) is 11.1 Å². The van der Waals surface area contributed by atoms with Crippen LogP contribution >= 0.6 is 15.9 Å². The number of benzene rings is 2. The van der Waals surface area contributed by atoms with Gasteiger partial charge in [0.05, 0.1) is 0 Å². The molecule has 2 aromatic carbocycles. The summed E-state index contributed by atoms with van der Waals surface area (Å²) in [7, 11) is 0. The quantitative estimate of drug-likeness (QED) is 0.403. The van der Waals surface area contributed by atoms with Gasteiger partial charge in [0.2, 0.25) is 0 Å². The number of ether oxygens (including phenoxy) is 2. The standard InChI is InChI=1S/C29H27BrN2O5/c30-26-10-9-19(13-31-26)29(37-17-27(33)34)12-11-18-14-32(15-25(18)29)28(35)36-16-24-22-7-3-1-5-20(22)21-6-2-4-8-23(21)24/h1-10,13,18,24-25H,11-12,14-17H2,(H,33,34). The highest BCUT2D eigenvalue weighted by Crippen LogP contribution is 2.53. The zero-order chi connectivity index (χ0) is 25.6. The number of aromatic nitrogens is 1. The van der Waals surface area contributed by atoms with E-state index in [0.29, 0.717) is 24.1 Å². The number of fused-ring (bicyclic) bond motifs is 4. The SMILES string of the molecule is O=C(O)COC1(c2ccc(Br)nc2)CCC2CN(C(=O)OCC3c4ccccc4-c4ccccc43)CC21. The molecule has 8 heteroatoms. The van der Waals surface area contributed by atoms with Gasteiger partial charge < -0.3 is 19.5 Å². The van der Waals surface area contributed by atoms with Crippen LogP contribution in [0.1, 0.15) is 35.4 Å². The van der Waals surface area contributed by atoms with Crippen LogP contribution in [-0.4, -0.2) is 53.4 Å². The Morgan fingerprint density at radius 1 is 1.03 bits per heavy atom. The average molecular weight is 563 g/mol. The van der Waals surface area contributed by atoms with Crippen molar-refractivity contribution in [3.8, 4) is 11.1 Å². The van der Waals surface area contributed by atoms with Gasteiger partial charge >= 0.3 is 12.1 Å². The lowest BCUT2D eigenvalue weighted by Gasteiger charge is -2.35. The summed E-state index contributed by atoms with van der Waals surface area (Å²) in [6.45, 7) is 0.903. The first-order valence-corrected chi connectivity index (χ1v) is 13.3. The highest BCUT2D eigenvalue weighted by molar-refractivity contribution is 9.10. The maximum atomic E-state index is 13.3. The number of rotatable bonds is 6. The van der Waals surface area contributed by atoms with Gasteiger partial charge in [0, 0.05) is 36.7 Å². The van der Waals surface area contributed by atoms with Crippen molar-refractivity contribution >= 4 is 28.0 Å². The van der Waals surface area contributed by atoms with Crippen LogP contribution in [0.2, 0.25) is 0 Å². The molecule has 2 fully saturated rings. The lowest BCUT2D eigenvalue weighted by atomic mass is 9.82. The Morgan fingerprint density at radius 2 is 1.73 bits per heavy atom. The zero-order valence-corrected chi connectivity index (χ0v) is 21.8. The number of hydrogen-bond donors (Lipinski definition) is 1. The molecule has 1 amide bonds. The Hall–Kier alpha value is -3.23. The maximum Gasteiger partial charge on any atom is 0.409 e. The summed E-state index contributed by atoms with van der Waals surface area (Å²) in [6.07, 6.45) is 2.94. The summed E-state index contributed by atoms with van der Waals surface area (Å²) < 4.78 is 12.7. The second-order valence-corrected chi connectivity index (χ2v) is 10.9. The van der Waals surface area contributed by atoms with Gasteiger partial charge in [0.15, 0.2) is 0 Å². The van der Waals surface area contributed by atoms with E-state index in [2.05, 4.69) is 45.2 Å². The second kappa shape index (κ2) is 9.58. The van der Waals surface area contributed by atoms with Crippen molar-refractivity contribution in [2.75, 3.05) is 26.3 Å². The monoisotopic (exact) mass is 562 g/mol. The van der Waals surface area contributed by atoms with Gasteiger partial charge in [-0.1, -0.05) is 54.6 Å². The van der Waals surface area contributed by atoms with Crippen molar-refractivity contribution in [1.82, 2.24) is 9.88 Å². The molecule has 2 aliphatic carbocycles. The first-order chi connectivity index (χ1) is 18.0. The van der Waals surface area contributed by atoms with Crippen LogP contribution < -0.4 is 0 Å². The molecular weight excluding hydrogens is 536 g/mol. The summed E-state index contributed by atoms with van der Waals surface area (Å²) in [6, 6.07) is 20.3. The molecule has 0 radical (unpaired) electrons. The highest BCUT2D eigenvalue weighted by atomic mass is 79.9. The van der Waals surface area contributed by atoms with Gasteiger partial charge in [-0.05, 0) is 63.0 Å². The predicted octanol–water partition coefficient (Wildman–Crippen LogP) is 5.43. The topological polar surface area (TPSA) is 89.0 Å². The molecule has 3 unspecified atom stereocenters. The van der Waals surface area contributed by atoms with Gasteiger partial charge in [0.25, 0.3) is 0 Å². The minimum Gasteiger partial charge on any atom is -0.480 e. The van der Waals surface area contributed by atoms with Crippen molar-refractivity contribution in [3.63, 3.8) is 0 Å². The number of amides is 1. The van der Waals surface area contributed by atoms with Crippen LogP contribution in [0.25, 0.3) is 11.1 Å². The molecule has 0 bridgehead atoms. The van der Waals surface area contributed by atoms with Crippen molar-refractivity contribution < 1.29 is 24.2 Å². The molecule has 1 saturated carbocycles. The molecule has 3 aliphatic rings. The van der Waals surface area contributed by atoms with Crippen molar-refractivity contribution in [1.29, 1.82) is 0 Å². The molecule has 6 rings (SSSR count). The van der Waals surface area contributed by atoms with E-state index >= 15 is 0 Å². The molecule has 1 aromatic heterocycles. The van der Waals surface area contributed by atoms with E-state index < -0.39 is 18.2 Å². The fourth-order valence-electron chi connectivity index (χ4n) is 6.55. The minimum atomic E-state index is -1.01. The van der Waals surface area contributed by atoms with Crippen LogP contribution in [-0.2, 0) is 19.9 Å². The molecule has 3 aromatic rings. The van der Waals surface area contributed by atoms with E-state index in [-0.39, 0.29) is 30.5 Å². The lowest BCUT2D eigenvalue weighted by Crippen LogP contribution is -2.40. The number of carboxylic acid groups (broad SMARTS) is 1. The first kappa shape index (κ1) is 24.1. The van der Waals surface area contributed by atoms with E-state index in [9.17, 15) is 14.7 Å². The Balaban J connectivity index is 1.19. The van der Waals surface area contributed by atoms with E-state index in [1.807, 2.05) is 36.4 Å². The van der Waals surface area contributed by atoms with Crippen LogP contribution in [0.3, 0.4) is 0 Å². The number of aliphatic carboxylic acids is 1. The summed E-state index contributed by atoms with van der Waals surface area (Å²) in [5, 5.41) is 9.34. The smallest absolute Gasteiger partial charge is 0.409 e. The fraction of sp³-hybridized carbons (Fsp3) is 0.345. The summed E-state index contributed by atoms with van der Waals surface area (Å²) in [4.78, 5) is 30.8. The lowest BCUT2D eigenvalue weighted by molar-refractivity contribution is -0.154. The van der Waals surface area contributed by atoms with Crippen molar-refractivity contribution in [2.24, 2.45) is 11.8 Å².